The predicted octanol–water partition coefficient (Wildman–Crippen LogP) is 4.94. The highest BCUT2D eigenvalue weighted by Crippen LogP contribution is 2.38. The summed E-state index contributed by atoms with van der Waals surface area (Å²) < 4.78 is 12.2. The van der Waals surface area contributed by atoms with Crippen molar-refractivity contribution in [1.29, 1.82) is 0 Å². The van der Waals surface area contributed by atoms with Crippen LogP contribution in [0.2, 0.25) is 0 Å². The molecule has 4 heteroatoms. The molecule has 0 saturated carbocycles. The van der Waals surface area contributed by atoms with Gasteiger partial charge in [-0.15, -0.1) is 11.6 Å². The van der Waals surface area contributed by atoms with Crippen LogP contribution in [0.1, 0.15) is 37.6 Å². The SMILES string of the molecule is CCCOc1ccc(C(Cl)C2COC(C)C2)cc1Br. The Morgan fingerprint density at radius 3 is 2.89 bits per heavy atom. The monoisotopic (exact) mass is 346 g/mol. The van der Waals surface area contributed by atoms with Crippen molar-refractivity contribution in [2.45, 2.75) is 38.2 Å². The Balaban J connectivity index is 2.06. The maximum atomic E-state index is 6.56. The number of benzene rings is 1. The molecule has 0 aromatic heterocycles. The van der Waals surface area contributed by atoms with Crippen LogP contribution in [0.3, 0.4) is 0 Å². The first-order valence-electron chi connectivity index (χ1n) is 6.79. The van der Waals surface area contributed by atoms with Crippen molar-refractivity contribution >= 4 is 27.5 Å². The highest BCUT2D eigenvalue weighted by Gasteiger charge is 2.29. The molecule has 1 saturated heterocycles. The van der Waals surface area contributed by atoms with Crippen molar-refractivity contribution in [3.8, 4) is 5.75 Å². The summed E-state index contributed by atoms with van der Waals surface area (Å²) in [6, 6.07) is 6.10. The fourth-order valence-corrected chi connectivity index (χ4v) is 3.17. The quantitative estimate of drug-likeness (QED) is 0.702. The van der Waals surface area contributed by atoms with E-state index in [1.54, 1.807) is 0 Å². The minimum absolute atomic E-state index is 0.00137. The van der Waals surface area contributed by atoms with Gasteiger partial charge < -0.3 is 9.47 Å². The first kappa shape index (κ1) is 15.1. The van der Waals surface area contributed by atoms with Gasteiger partial charge in [0.1, 0.15) is 5.75 Å². The van der Waals surface area contributed by atoms with Gasteiger partial charge in [-0.1, -0.05) is 13.0 Å². The largest absolute Gasteiger partial charge is 0.492 e. The van der Waals surface area contributed by atoms with E-state index in [0.717, 1.165) is 41.8 Å². The Hall–Kier alpha value is -0.250. The average molecular weight is 348 g/mol. The summed E-state index contributed by atoms with van der Waals surface area (Å²) in [5.74, 6) is 1.27. The number of halogens is 2. The Morgan fingerprint density at radius 1 is 1.53 bits per heavy atom. The van der Waals surface area contributed by atoms with Crippen LogP contribution in [0, 0.1) is 5.92 Å². The van der Waals surface area contributed by atoms with Crippen molar-refractivity contribution in [1.82, 2.24) is 0 Å². The van der Waals surface area contributed by atoms with Gasteiger partial charge >= 0.3 is 0 Å². The molecule has 2 nitrogen and oxygen atoms in total. The summed E-state index contributed by atoms with van der Waals surface area (Å²) in [6.07, 6.45) is 2.35. The van der Waals surface area contributed by atoms with Crippen LogP contribution in [0.25, 0.3) is 0 Å². The molecule has 0 bridgehead atoms. The van der Waals surface area contributed by atoms with Crippen molar-refractivity contribution in [3.63, 3.8) is 0 Å². The van der Waals surface area contributed by atoms with Crippen LogP contribution in [-0.4, -0.2) is 19.3 Å². The molecule has 106 valence electrons. The van der Waals surface area contributed by atoms with E-state index in [0.29, 0.717) is 12.0 Å². The molecule has 1 aromatic rings. The van der Waals surface area contributed by atoms with E-state index >= 15 is 0 Å². The maximum absolute atomic E-state index is 6.56. The molecule has 1 aliphatic rings. The Kier molecular flexibility index (Phi) is 5.55. The Labute approximate surface area is 128 Å². The van der Waals surface area contributed by atoms with Crippen LogP contribution in [0.4, 0.5) is 0 Å². The van der Waals surface area contributed by atoms with Crippen molar-refractivity contribution in [2.75, 3.05) is 13.2 Å². The zero-order valence-electron chi connectivity index (χ0n) is 11.4. The summed E-state index contributed by atoms with van der Waals surface area (Å²) in [5.41, 5.74) is 1.13. The molecule has 2 rings (SSSR count). The fraction of sp³-hybridized carbons (Fsp3) is 0.600. The predicted molar refractivity (Wildman–Crippen MR) is 82.0 cm³/mol. The fourth-order valence-electron chi connectivity index (χ4n) is 2.34. The van der Waals surface area contributed by atoms with E-state index in [2.05, 4.69) is 41.9 Å². The minimum Gasteiger partial charge on any atom is -0.492 e. The lowest BCUT2D eigenvalue weighted by Crippen LogP contribution is -2.08. The van der Waals surface area contributed by atoms with E-state index < -0.39 is 0 Å². The van der Waals surface area contributed by atoms with Crippen LogP contribution >= 0.6 is 27.5 Å². The lowest BCUT2D eigenvalue weighted by Gasteiger charge is -2.17. The molecule has 19 heavy (non-hydrogen) atoms. The van der Waals surface area contributed by atoms with Gasteiger partial charge in [-0.2, -0.15) is 0 Å². The number of ether oxygens (including phenoxy) is 2. The molecular weight excluding hydrogens is 328 g/mol. The first-order chi connectivity index (χ1) is 9.11. The molecule has 1 fully saturated rings. The zero-order chi connectivity index (χ0) is 13.8. The van der Waals surface area contributed by atoms with Gasteiger partial charge in [0, 0.05) is 5.92 Å². The molecule has 0 aliphatic carbocycles. The van der Waals surface area contributed by atoms with Crippen molar-refractivity contribution in [3.05, 3.63) is 28.2 Å². The summed E-state index contributed by atoms with van der Waals surface area (Å²) in [5, 5.41) is 0.00137. The van der Waals surface area contributed by atoms with E-state index in [-0.39, 0.29) is 5.38 Å². The lowest BCUT2D eigenvalue weighted by atomic mass is 9.96. The van der Waals surface area contributed by atoms with Crippen LogP contribution in [-0.2, 0) is 4.74 Å². The normalized spacial score (nSPS) is 24.4. The maximum Gasteiger partial charge on any atom is 0.133 e. The number of alkyl halides is 1. The summed E-state index contributed by atoms with van der Waals surface area (Å²) >= 11 is 10.1. The van der Waals surface area contributed by atoms with Crippen LogP contribution in [0.15, 0.2) is 22.7 Å². The third-order valence-electron chi connectivity index (χ3n) is 3.38. The van der Waals surface area contributed by atoms with Gasteiger partial charge in [-0.25, -0.2) is 0 Å². The molecule has 3 unspecified atom stereocenters. The van der Waals surface area contributed by atoms with E-state index in [1.165, 1.54) is 0 Å². The van der Waals surface area contributed by atoms with E-state index in [9.17, 15) is 0 Å². The topological polar surface area (TPSA) is 18.5 Å². The summed E-state index contributed by atoms with van der Waals surface area (Å²) in [6.45, 7) is 5.68. The number of rotatable bonds is 5. The van der Waals surface area contributed by atoms with Crippen LogP contribution in [0.5, 0.6) is 5.75 Å². The third kappa shape index (κ3) is 3.87. The first-order valence-corrected chi connectivity index (χ1v) is 8.02. The average Bonchev–Trinajstić information content (AvgIpc) is 2.83. The molecular formula is C15H20BrClO2. The third-order valence-corrected chi connectivity index (χ3v) is 4.61. The highest BCUT2D eigenvalue weighted by atomic mass is 79.9. The standard InChI is InChI=1S/C15H20BrClO2/c1-3-6-18-14-5-4-11(8-13(14)16)15(17)12-7-10(2)19-9-12/h4-5,8,10,12,15H,3,6-7,9H2,1-2H3. The Morgan fingerprint density at radius 2 is 2.32 bits per heavy atom. The molecule has 0 radical (unpaired) electrons. The molecule has 1 aromatic carbocycles. The van der Waals surface area contributed by atoms with Gasteiger partial charge in [-0.3, -0.25) is 0 Å². The molecule has 0 amide bonds. The van der Waals surface area contributed by atoms with Crippen molar-refractivity contribution in [2.24, 2.45) is 5.92 Å². The van der Waals surface area contributed by atoms with E-state index in [1.807, 2.05) is 6.07 Å². The second kappa shape index (κ2) is 6.96. The van der Waals surface area contributed by atoms with Gasteiger partial charge in [0.2, 0.25) is 0 Å². The number of hydrogen-bond donors (Lipinski definition) is 0. The lowest BCUT2D eigenvalue weighted by molar-refractivity contribution is 0.120. The molecule has 0 N–H and O–H groups in total. The summed E-state index contributed by atoms with van der Waals surface area (Å²) in [4.78, 5) is 0. The Bertz CT molecular complexity index is 425. The highest BCUT2D eigenvalue weighted by molar-refractivity contribution is 9.10. The second-order valence-electron chi connectivity index (χ2n) is 5.08. The van der Waals surface area contributed by atoms with Crippen LogP contribution < -0.4 is 4.74 Å². The number of hydrogen-bond acceptors (Lipinski definition) is 2. The minimum atomic E-state index is 0.00137. The molecule has 3 atom stereocenters. The smallest absolute Gasteiger partial charge is 0.133 e. The van der Waals surface area contributed by atoms with E-state index in [4.69, 9.17) is 21.1 Å². The second-order valence-corrected chi connectivity index (χ2v) is 6.40. The summed E-state index contributed by atoms with van der Waals surface area (Å²) in [7, 11) is 0. The molecule has 0 spiro atoms. The van der Waals surface area contributed by atoms with Crippen molar-refractivity contribution < 1.29 is 9.47 Å². The molecule has 1 heterocycles. The van der Waals surface area contributed by atoms with Gasteiger partial charge in [-0.05, 0) is 53.4 Å². The van der Waals surface area contributed by atoms with Gasteiger partial charge in [0.25, 0.3) is 0 Å². The molecule has 1 aliphatic heterocycles. The zero-order valence-corrected chi connectivity index (χ0v) is 13.7. The van der Waals surface area contributed by atoms with Gasteiger partial charge in [0.05, 0.1) is 29.2 Å². The van der Waals surface area contributed by atoms with Gasteiger partial charge in [0.15, 0.2) is 0 Å².